The molecule has 0 aliphatic carbocycles. The highest BCUT2D eigenvalue weighted by Gasteiger charge is 2.24. The van der Waals surface area contributed by atoms with Crippen LogP contribution in [0.2, 0.25) is 0 Å². The molecule has 0 spiro atoms. The molecule has 2 N–H and O–H groups in total. The first-order chi connectivity index (χ1) is 10.6. The number of nitrogens with one attached hydrogen (secondary N) is 2. The van der Waals surface area contributed by atoms with Crippen molar-refractivity contribution in [2.75, 3.05) is 11.9 Å². The Kier molecular flexibility index (Phi) is 6.32. The summed E-state index contributed by atoms with van der Waals surface area (Å²) in [5, 5.41) is 6.01. The van der Waals surface area contributed by atoms with Crippen LogP contribution in [0, 0.1) is 12.3 Å². The van der Waals surface area contributed by atoms with Crippen molar-refractivity contribution in [3.8, 4) is 0 Å². The Balaban J connectivity index is 2.80. The van der Waals surface area contributed by atoms with Gasteiger partial charge in [0.1, 0.15) is 6.04 Å². The number of amides is 2. The van der Waals surface area contributed by atoms with E-state index in [1.165, 1.54) is 11.3 Å². The van der Waals surface area contributed by atoms with Gasteiger partial charge in [-0.3, -0.25) is 9.59 Å². The van der Waals surface area contributed by atoms with Crippen LogP contribution in [-0.4, -0.2) is 30.4 Å². The minimum Gasteiger partial charge on any atom is -0.464 e. The van der Waals surface area contributed by atoms with Gasteiger partial charge in [-0.25, -0.2) is 4.79 Å². The van der Waals surface area contributed by atoms with Crippen molar-refractivity contribution in [2.45, 2.75) is 47.6 Å². The number of anilines is 1. The molecular weight excluding hydrogens is 316 g/mol. The summed E-state index contributed by atoms with van der Waals surface area (Å²) in [4.78, 5) is 36.3. The molecule has 7 heteroatoms. The molecule has 0 aliphatic rings. The van der Waals surface area contributed by atoms with Crippen LogP contribution in [0.15, 0.2) is 6.07 Å². The summed E-state index contributed by atoms with van der Waals surface area (Å²) < 4.78 is 4.86. The number of carbonyl (C=O) groups excluding carboxylic acids is 3. The lowest BCUT2D eigenvalue weighted by Gasteiger charge is -2.16. The highest BCUT2D eigenvalue weighted by molar-refractivity contribution is 7.18. The third-order valence-electron chi connectivity index (χ3n) is 3.03. The van der Waals surface area contributed by atoms with E-state index in [1.54, 1.807) is 26.8 Å². The molecule has 1 rings (SSSR count). The lowest BCUT2D eigenvalue weighted by atomic mass is 9.96. The van der Waals surface area contributed by atoms with Gasteiger partial charge in [0.05, 0.1) is 16.5 Å². The van der Waals surface area contributed by atoms with E-state index in [0.717, 1.165) is 5.56 Å². The molecule has 23 heavy (non-hydrogen) atoms. The molecule has 2 amide bonds. The van der Waals surface area contributed by atoms with Gasteiger partial charge in [0.15, 0.2) is 0 Å². The van der Waals surface area contributed by atoms with E-state index < -0.39 is 17.4 Å². The zero-order valence-corrected chi connectivity index (χ0v) is 15.2. The number of ether oxygens (including phenoxy) is 1. The fourth-order valence-electron chi connectivity index (χ4n) is 1.66. The summed E-state index contributed by atoms with van der Waals surface area (Å²) in [5.41, 5.74) is 0.228. The van der Waals surface area contributed by atoms with Crippen molar-refractivity contribution >= 4 is 34.1 Å². The number of carbonyl (C=O) groups is 3. The van der Waals surface area contributed by atoms with E-state index >= 15 is 0 Å². The van der Waals surface area contributed by atoms with E-state index in [-0.39, 0.29) is 18.4 Å². The second-order valence-electron chi connectivity index (χ2n) is 6.27. The lowest BCUT2D eigenvalue weighted by Crippen LogP contribution is -2.39. The number of rotatable bonds is 5. The zero-order chi connectivity index (χ0) is 17.8. The maximum absolute atomic E-state index is 12.3. The number of hydrogen-bond acceptors (Lipinski definition) is 5. The fourth-order valence-corrected chi connectivity index (χ4v) is 2.63. The second-order valence-corrected chi connectivity index (χ2v) is 7.33. The van der Waals surface area contributed by atoms with E-state index in [4.69, 9.17) is 4.74 Å². The number of esters is 1. The van der Waals surface area contributed by atoms with Gasteiger partial charge in [0.2, 0.25) is 5.91 Å². The topological polar surface area (TPSA) is 84.5 Å². The predicted molar refractivity (Wildman–Crippen MR) is 90.7 cm³/mol. The van der Waals surface area contributed by atoms with Crippen molar-refractivity contribution in [3.05, 3.63) is 16.5 Å². The second kappa shape index (κ2) is 7.59. The van der Waals surface area contributed by atoms with Crippen LogP contribution in [0.4, 0.5) is 5.00 Å². The first kappa shape index (κ1) is 19.2. The summed E-state index contributed by atoms with van der Waals surface area (Å²) in [7, 11) is 0. The van der Waals surface area contributed by atoms with Crippen molar-refractivity contribution in [2.24, 2.45) is 5.41 Å². The van der Waals surface area contributed by atoms with Crippen molar-refractivity contribution in [1.29, 1.82) is 0 Å². The van der Waals surface area contributed by atoms with E-state index in [9.17, 15) is 14.4 Å². The fraction of sp³-hybridized carbons (Fsp3) is 0.562. The third kappa shape index (κ3) is 5.35. The molecule has 0 radical (unpaired) electrons. The molecule has 1 atom stereocenters. The van der Waals surface area contributed by atoms with Gasteiger partial charge in [0.25, 0.3) is 5.91 Å². The largest absolute Gasteiger partial charge is 0.464 e. The average Bonchev–Trinajstić information content (AvgIpc) is 2.78. The monoisotopic (exact) mass is 340 g/mol. The Morgan fingerprint density at radius 2 is 1.91 bits per heavy atom. The summed E-state index contributed by atoms with van der Waals surface area (Å²) in [5.74, 6) is -0.953. The molecule has 1 aromatic rings. The normalized spacial score (nSPS) is 12.4. The molecule has 0 saturated heterocycles. The maximum Gasteiger partial charge on any atom is 0.328 e. The summed E-state index contributed by atoms with van der Waals surface area (Å²) >= 11 is 1.18. The lowest BCUT2D eigenvalue weighted by molar-refractivity contribution is -0.144. The van der Waals surface area contributed by atoms with Gasteiger partial charge in [-0.05, 0) is 32.4 Å². The first-order valence-electron chi connectivity index (χ1n) is 7.45. The Hall–Kier alpha value is -1.89. The Bertz CT molecular complexity index is 602. The van der Waals surface area contributed by atoms with Crippen LogP contribution in [-0.2, 0) is 14.3 Å². The highest BCUT2D eigenvalue weighted by atomic mass is 32.1. The molecular formula is C16H24N2O4S. The van der Waals surface area contributed by atoms with Crippen LogP contribution in [0.1, 0.15) is 49.9 Å². The van der Waals surface area contributed by atoms with Crippen LogP contribution >= 0.6 is 11.3 Å². The Morgan fingerprint density at radius 1 is 1.30 bits per heavy atom. The van der Waals surface area contributed by atoms with Gasteiger partial charge in [-0.15, -0.1) is 11.3 Å². The molecule has 1 unspecified atom stereocenters. The Labute approximate surface area is 140 Å². The predicted octanol–water partition coefficient (Wildman–Crippen LogP) is 2.72. The summed E-state index contributed by atoms with van der Waals surface area (Å²) in [6, 6.07) is 1.02. The quantitative estimate of drug-likeness (QED) is 0.807. The van der Waals surface area contributed by atoms with Crippen molar-refractivity contribution < 1.29 is 19.1 Å². The van der Waals surface area contributed by atoms with E-state index in [1.807, 2.05) is 20.8 Å². The van der Waals surface area contributed by atoms with Crippen LogP contribution in [0.3, 0.4) is 0 Å². The standard InChI is InChI=1S/C16H24N2O4S/c1-7-22-14(20)10(3)17-13(19)12-9(2)8-11(23-12)18-15(21)16(4,5)6/h8,10H,7H2,1-6H3,(H,17,19)(H,18,21). The van der Waals surface area contributed by atoms with Crippen LogP contribution in [0.5, 0.6) is 0 Å². The van der Waals surface area contributed by atoms with E-state index in [0.29, 0.717) is 9.88 Å². The van der Waals surface area contributed by atoms with Crippen molar-refractivity contribution in [1.82, 2.24) is 5.32 Å². The SMILES string of the molecule is CCOC(=O)C(C)NC(=O)c1sc(NC(=O)C(C)(C)C)cc1C. The van der Waals surface area contributed by atoms with Gasteiger partial charge in [-0.2, -0.15) is 0 Å². The summed E-state index contributed by atoms with van der Waals surface area (Å²) in [6.07, 6.45) is 0. The third-order valence-corrected chi connectivity index (χ3v) is 4.18. The first-order valence-corrected chi connectivity index (χ1v) is 8.27. The molecule has 1 aromatic heterocycles. The zero-order valence-electron chi connectivity index (χ0n) is 14.4. The Morgan fingerprint density at radius 3 is 2.43 bits per heavy atom. The highest BCUT2D eigenvalue weighted by Crippen LogP contribution is 2.28. The van der Waals surface area contributed by atoms with Gasteiger partial charge >= 0.3 is 5.97 Å². The van der Waals surface area contributed by atoms with Gasteiger partial charge in [-0.1, -0.05) is 20.8 Å². The van der Waals surface area contributed by atoms with Gasteiger partial charge < -0.3 is 15.4 Å². The van der Waals surface area contributed by atoms with Crippen LogP contribution < -0.4 is 10.6 Å². The number of hydrogen-bond donors (Lipinski definition) is 2. The molecule has 128 valence electrons. The molecule has 1 heterocycles. The maximum atomic E-state index is 12.3. The number of aryl methyl sites for hydroxylation is 1. The summed E-state index contributed by atoms with van der Waals surface area (Å²) in [6.45, 7) is 10.8. The molecule has 0 bridgehead atoms. The average molecular weight is 340 g/mol. The molecule has 0 fully saturated rings. The number of thiophene rings is 1. The van der Waals surface area contributed by atoms with Crippen molar-refractivity contribution in [3.63, 3.8) is 0 Å². The molecule has 6 nitrogen and oxygen atoms in total. The van der Waals surface area contributed by atoms with Crippen LogP contribution in [0.25, 0.3) is 0 Å². The minimum atomic E-state index is -0.725. The van der Waals surface area contributed by atoms with E-state index in [2.05, 4.69) is 10.6 Å². The molecule has 0 aromatic carbocycles. The molecule has 0 aliphatic heterocycles. The smallest absolute Gasteiger partial charge is 0.328 e. The minimum absolute atomic E-state index is 0.120. The van der Waals surface area contributed by atoms with Gasteiger partial charge in [0, 0.05) is 5.41 Å². The molecule has 0 saturated carbocycles.